The molecule has 0 unspecified atom stereocenters. The fraction of sp³-hybridized carbons (Fsp3) is 0.576. The largest absolute Gasteiger partial charge is 0.383 e. The lowest BCUT2D eigenvalue weighted by molar-refractivity contribution is -0.128. The van der Waals surface area contributed by atoms with E-state index in [1.54, 1.807) is 24.1 Å². The molecule has 1 amide bonds. The van der Waals surface area contributed by atoms with E-state index in [2.05, 4.69) is 39.3 Å². The van der Waals surface area contributed by atoms with Crippen molar-refractivity contribution >= 4 is 23.4 Å². The third-order valence-electron chi connectivity index (χ3n) is 9.84. The number of carbonyl (C=O) groups excluding carboxylic acids is 1. The molecule has 1 aliphatic carbocycles. The molecule has 11 heteroatoms. The van der Waals surface area contributed by atoms with Crippen molar-refractivity contribution in [3.63, 3.8) is 0 Å². The molecule has 2 fully saturated rings. The Labute approximate surface area is 259 Å². The van der Waals surface area contributed by atoms with E-state index in [1.165, 1.54) is 11.6 Å². The van der Waals surface area contributed by atoms with Gasteiger partial charge in [-0.1, -0.05) is 12.6 Å². The van der Waals surface area contributed by atoms with Gasteiger partial charge in [0.15, 0.2) is 0 Å². The van der Waals surface area contributed by atoms with Crippen LogP contribution in [0.2, 0.25) is 0 Å². The van der Waals surface area contributed by atoms with Gasteiger partial charge in [-0.05, 0) is 56.5 Å². The number of rotatable bonds is 9. The minimum absolute atomic E-state index is 0.138. The van der Waals surface area contributed by atoms with Crippen LogP contribution in [0.5, 0.6) is 0 Å². The summed E-state index contributed by atoms with van der Waals surface area (Å²) in [7, 11) is 3.85. The normalized spacial score (nSPS) is 21.9. The fourth-order valence-corrected chi connectivity index (χ4v) is 7.24. The molecule has 2 saturated heterocycles. The standard InChI is InChI=1S/C33H43FN8O2/c1-4-31(43)42-15-14-39(20-26(42)11-12-35)32-28-10-9-25(41-13-5-6-23-7-8-24(34)18-30(23)41)19-29(28)36-33(37-32)40-21-27(22-40)38(2)16-17-44-3/h4,7-8,18,25-27H,1,5-6,9-11,13-17,19-22H2,2-3H3/t25-,26+/m1/s1. The second-order valence-electron chi connectivity index (χ2n) is 12.5. The van der Waals surface area contributed by atoms with Gasteiger partial charge in [-0.15, -0.1) is 0 Å². The molecule has 1 aromatic heterocycles. The van der Waals surface area contributed by atoms with Gasteiger partial charge in [0.05, 0.1) is 30.8 Å². The lowest BCUT2D eigenvalue weighted by Gasteiger charge is -2.46. The second-order valence-corrected chi connectivity index (χ2v) is 12.5. The Balaban J connectivity index is 1.29. The molecule has 2 atom stereocenters. The summed E-state index contributed by atoms with van der Waals surface area (Å²) in [5, 5.41) is 9.56. The molecule has 4 heterocycles. The molecule has 0 spiro atoms. The Bertz CT molecular complexity index is 1420. The molecule has 0 radical (unpaired) electrons. The van der Waals surface area contributed by atoms with Crippen LogP contribution in [-0.2, 0) is 28.8 Å². The number of amides is 1. The summed E-state index contributed by atoms with van der Waals surface area (Å²) in [6.07, 6.45) is 6.16. The number of halogens is 1. The number of aromatic nitrogens is 2. The zero-order valence-corrected chi connectivity index (χ0v) is 25.9. The Morgan fingerprint density at radius 3 is 2.82 bits per heavy atom. The Morgan fingerprint density at radius 2 is 2.05 bits per heavy atom. The molecule has 10 nitrogen and oxygen atoms in total. The number of nitrogens with zero attached hydrogens (tertiary/aromatic N) is 8. The molecule has 0 saturated carbocycles. The van der Waals surface area contributed by atoms with Crippen LogP contribution < -0.4 is 14.7 Å². The molecule has 0 N–H and O–H groups in total. The van der Waals surface area contributed by atoms with Crippen molar-refractivity contribution in [2.45, 2.75) is 56.7 Å². The quantitative estimate of drug-likeness (QED) is 0.402. The Morgan fingerprint density at radius 1 is 1.20 bits per heavy atom. The van der Waals surface area contributed by atoms with Crippen molar-refractivity contribution in [1.29, 1.82) is 5.26 Å². The number of methoxy groups -OCH3 is 1. The SMILES string of the molecule is C=CC(=O)N1CCN(c2nc(N3CC(N(C)CCOC)C3)nc3c2CC[C@@H](N2CCCc4ccc(F)cc42)C3)C[C@@H]1CC#N. The summed E-state index contributed by atoms with van der Waals surface area (Å²) in [6.45, 7) is 9.53. The number of aryl methyl sites for hydroxylation is 1. The number of benzene rings is 1. The first-order chi connectivity index (χ1) is 21.4. The Hall–Kier alpha value is -3.75. The molecule has 3 aliphatic heterocycles. The average molecular weight is 603 g/mol. The number of hydrogen-bond acceptors (Lipinski definition) is 9. The van der Waals surface area contributed by atoms with E-state index in [1.807, 2.05) is 6.07 Å². The van der Waals surface area contributed by atoms with Crippen molar-refractivity contribution in [3.05, 3.63) is 53.5 Å². The van der Waals surface area contributed by atoms with Gasteiger partial charge in [-0.2, -0.15) is 10.2 Å². The highest BCUT2D eigenvalue weighted by Gasteiger charge is 2.37. The number of anilines is 3. The van der Waals surface area contributed by atoms with Crippen molar-refractivity contribution < 1.29 is 13.9 Å². The van der Waals surface area contributed by atoms with Crippen LogP contribution >= 0.6 is 0 Å². The van der Waals surface area contributed by atoms with Gasteiger partial charge < -0.3 is 24.3 Å². The van der Waals surface area contributed by atoms with E-state index in [4.69, 9.17) is 14.7 Å². The number of ether oxygens (including phenoxy) is 1. The number of likely N-dealkylation sites (N-methyl/N-ethyl adjacent to an activating group) is 1. The summed E-state index contributed by atoms with van der Waals surface area (Å²) in [6, 6.07) is 7.88. The van der Waals surface area contributed by atoms with Crippen LogP contribution in [0.15, 0.2) is 30.9 Å². The summed E-state index contributed by atoms with van der Waals surface area (Å²) in [4.78, 5) is 33.9. The Kier molecular flexibility index (Phi) is 9.01. The molecule has 234 valence electrons. The summed E-state index contributed by atoms with van der Waals surface area (Å²) >= 11 is 0. The first-order valence-electron chi connectivity index (χ1n) is 15.8. The molecule has 44 heavy (non-hydrogen) atoms. The van der Waals surface area contributed by atoms with Crippen LogP contribution in [0.1, 0.15) is 36.1 Å². The third kappa shape index (κ3) is 5.97. The lowest BCUT2D eigenvalue weighted by atomic mass is 9.88. The van der Waals surface area contributed by atoms with Crippen molar-refractivity contribution in [3.8, 4) is 6.07 Å². The molecular formula is C33H43FN8O2. The van der Waals surface area contributed by atoms with E-state index in [9.17, 15) is 14.4 Å². The second kappa shape index (κ2) is 13.1. The third-order valence-corrected chi connectivity index (χ3v) is 9.84. The number of hydrogen-bond donors (Lipinski definition) is 0. The predicted octanol–water partition coefficient (Wildman–Crippen LogP) is 2.81. The topological polar surface area (TPSA) is 92.1 Å². The van der Waals surface area contributed by atoms with Gasteiger partial charge in [0.2, 0.25) is 11.9 Å². The highest BCUT2D eigenvalue weighted by atomic mass is 19.1. The van der Waals surface area contributed by atoms with E-state index in [0.717, 1.165) is 87.0 Å². The first-order valence-corrected chi connectivity index (χ1v) is 15.8. The zero-order chi connectivity index (χ0) is 30.8. The maximum Gasteiger partial charge on any atom is 0.246 e. The van der Waals surface area contributed by atoms with Crippen LogP contribution in [0, 0.1) is 17.1 Å². The fourth-order valence-electron chi connectivity index (χ4n) is 7.24. The minimum atomic E-state index is -0.229. The van der Waals surface area contributed by atoms with Crippen LogP contribution in [0.3, 0.4) is 0 Å². The first kappa shape index (κ1) is 30.3. The predicted molar refractivity (Wildman–Crippen MR) is 169 cm³/mol. The van der Waals surface area contributed by atoms with E-state index < -0.39 is 0 Å². The summed E-state index contributed by atoms with van der Waals surface area (Å²) in [5.74, 6) is 1.34. The zero-order valence-electron chi connectivity index (χ0n) is 25.9. The summed E-state index contributed by atoms with van der Waals surface area (Å²) in [5.41, 5.74) is 4.45. The monoisotopic (exact) mass is 602 g/mol. The molecule has 2 aromatic rings. The number of fused-ring (bicyclic) bond motifs is 2. The van der Waals surface area contributed by atoms with E-state index in [0.29, 0.717) is 32.3 Å². The molecule has 6 rings (SSSR count). The number of nitriles is 1. The number of carbonyl (C=O) groups is 1. The van der Waals surface area contributed by atoms with Crippen molar-refractivity contribution in [1.82, 2.24) is 19.8 Å². The number of piperazine rings is 1. The molecule has 0 bridgehead atoms. The van der Waals surface area contributed by atoms with Crippen molar-refractivity contribution in [2.24, 2.45) is 0 Å². The van der Waals surface area contributed by atoms with Crippen LogP contribution in [-0.4, -0.2) is 110 Å². The van der Waals surface area contributed by atoms with E-state index in [-0.39, 0.29) is 30.2 Å². The van der Waals surface area contributed by atoms with Crippen LogP contribution in [0.25, 0.3) is 0 Å². The summed E-state index contributed by atoms with van der Waals surface area (Å²) < 4.78 is 19.6. The maximum absolute atomic E-state index is 14.3. The van der Waals surface area contributed by atoms with Gasteiger partial charge in [0.1, 0.15) is 11.6 Å². The lowest BCUT2D eigenvalue weighted by Crippen LogP contribution is -2.59. The average Bonchev–Trinajstić information content (AvgIpc) is 3.01. The smallest absolute Gasteiger partial charge is 0.246 e. The van der Waals surface area contributed by atoms with Crippen LogP contribution in [0.4, 0.5) is 21.8 Å². The van der Waals surface area contributed by atoms with Gasteiger partial charge in [-0.3, -0.25) is 9.69 Å². The van der Waals surface area contributed by atoms with Crippen molar-refractivity contribution in [2.75, 3.05) is 81.3 Å². The molecule has 4 aliphatic rings. The van der Waals surface area contributed by atoms with Gasteiger partial charge >= 0.3 is 0 Å². The van der Waals surface area contributed by atoms with Gasteiger partial charge in [0.25, 0.3) is 0 Å². The molecule has 1 aromatic carbocycles. The molecular weight excluding hydrogens is 559 g/mol. The maximum atomic E-state index is 14.3. The highest BCUT2D eigenvalue weighted by Crippen LogP contribution is 2.37. The van der Waals surface area contributed by atoms with Gasteiger partial charge in [-0.25, -0.2) is 9.37 Å². The van der Waals surface area contributed by atoms with E-state index >= 15 is 0 Å². The highest BCUT2D eigenvalue weighted by molar-refractivity contribution is 5.87. The van der Waals surface area contributed by atoms with Gasteiger partial charge in [0, 0.05) is 82.7 Å². The minimum Gasteiger partial charge on any atom is -0.383 e.